The van der Waals surface area contributed by atoms with Crippen LogP contribution in [0.1, 0.15) is 20.7 Å². The van der Waals surface area contributed by atoms with Crippen molar-refractivity contribution >= 4 is 57.1 Å². The molecule has 0 heterocycles. The monoisotopic (exact) mass is 509 g/mol. The van der Waals surface area contributed by atoms with Gasteiger partial charge in [-0.15, -0.1) is 0 Å². The normalized spacial score (nSPS) is 10.2. The third-order valence-corrected chi connectivity index (χ3v) is 4.13. The summed E-state index contributed by atoms with van der Waals surface area (Å²) in [5.41, 5.74) is 0.267. The summed E-state index contributed by atoms with van der Waals surface area (Å²) >= 11 is 3.70. The maximum absolute atomic E-state index is 12.0. The average molecular weight is 509 g/mol. The molecule has 0 fully saturated rings. The molecule has 2 rings (SSSR count). The quantitative estimate of drug-likeness (QED) is 0.391. The molecule has 2 aromatic carbocycles. The lowest BCUT2D eigenvalue weighted by Crippen LogP contribution is -2.11. The van der Waals surface area contributed by atoms with Crippen LogP contribution >= 0.6 is 45.2 Å². The number of hydrogen-bond donors (Lipinski definition) is 1. The van der Waals surface area contributed by atoms with Gasteiger partial charge in [0.2, 0.25) is 0 Å². The van der Waals surface area contributed by atoms with E-state index < -0.39 is 11.9 Å². The molecule has 7 heteroatoms. The summed E-state index contributed by atoms with van der Waals surface area (Å²) in [7, 11) is 0. The first-order valence-electron chi connectivity index (χ1n) is 5.60. The Morgan fingerprint density at radius 1 is 1.05 bits per heavy atom. The van der Waals surface area contributed by atoms with E-state index in [4.69, 9.17) is 9.84 Å². The first-order chi connectivity index (χ1) is 9.88. The molecule has 0 atom stereocenters. The molecule has 5 nitrogen and oxygen atoms in total. The SMILES string of the molecule is O=C(O)c1cccc(OC(=O)c2cc(I)c([O-])c(I)c2)c1. The average Bonchev–Trinajstić information content (AvgIpc) is 2.44. The molecular formula is C14H7I2O5-. The summed E-state index contributed by atoms with van der Waals surface area (Å²) in [6.45, 7) is 0. The molecular weight excluding hydrogens is 502 g/mol. The highest BCUT2D eigenvalue weighted by atomic mass is 127. The van der Waals surface area contributed by atoms with Crippen molar-refractivity contribution in [3.8, 4) is 11.5 Å². The van der Waals surface area contributed by atoms with Crippen molar-refractivity contribution < 1.29 is 24.5 Å². The highest BCUT2D eigenvalue weighted by molar-refractivity contribution is 14.1. The van der Waals surface area contributed by atoms with Crippen molar-refractivity contribution in [1.29, 1.82) is 0 Å². The second-order valence-electron chi connectivity index (χ2n) is 3.99. The van der Waals surface area contributed by atoms with Gasteiger partial charge in [0.25, 0.3) is 0 Å². The highest BCUT2D eigenvalue weighted by Crippen LogP contribution is 2.25. The van der Waals surface area contributed by atoms with E-state index in [0.717, 1.165) is 0 Å². The van der Waals surface area contributed by atoms with E-state index >= 15 is 0 Å². The summed E-state index contributed by atoms with van der Waals surface area (Å²) in [6, 6.07) is 8.52. The van der Waals surface area contributed by atoms with Crippen molar-refractivity contribution in [2.45, 2.75) is 0 Å². The molecule has 0 aromatic heterocycles. The number of esters is 1. The Labute approximate surface area is 147 Å². The zero-order valence-corrected chi connectivity index (χ0v) is 14.6. The van der Waals surface area contributed by atoms with Gasteiger partial charge < -0.3 is 14.9 Å². The maximum Gasteiger partial charge on any atom is 0.343 e. The fourth-order valence-corrected chi connectivity index (χ4v) is 3.30. The number of rotatable bonds is 3. The van der Waals surface area contributed by atoms with Gasteiger partial charge in [-0.05, 0) is 75.5 Å². The predicted octanol–water partition coefficient (Wildman–Crippen LogP) is 2.89. The molecule has 0 unspecified atom stereocenters. The van der Waals surface area contributed by atoms with Crippen LogP contribution in [0.25, 0.3) is 0 Å². The van der Waals surface area contributed by atoms with Crippen LogP contribution in [0.2, 0.25) is 0 Å². The van der Waals surface area contributed by atoms with Gasteiger partial charge in [-0.2, -0.15) is 0 Å². The lowest BCUT2D eigenvalue weighted by atomic mass is 10.2. The molecule has 0 spiro atoms. The molecule has 2 aromatic rings. The van der Waals surface area contributed by atoms with Crippen molar-refractivity contribution in [2.24, 2.45) is 0 Å². The minimum Gasteiger partial charge on any atom is -0.871 e. The van der Waals surface area contributed by atoms with E-state index in [1.807, 2.05) is 45.2 Å². The molecule has 1 N–H and O–H groups in total. The Morgan fingerprint density at radius 3 is 2.24 bits per heavy atom. The second kappa shape index (κ2) is 6.60. The standard InChI is InChI=1S/C14H8I2O5/c15-10-5-8(6-11(16)12(10)17)14(20)21-9-3-1-2-7(4-9)13(18)19/h1-6,17H,(H,18,19)/p-1. The van der Waals surface area contributed by atoms with Crippen LogP contribution in [0.15, 0.2) is 36.4 Å². The number of benzene rings is 2. The van der Waals surface area contributed by atoms with Crippen LogP contribution in [-0.2, 0) is 0 Å². The van der Waals surface area contributed by atoms with Crippen LogP contribution in [0.3, 0.4) is 0 Å². The van der Waals surface area contributed by atoms with Gasteiger partial charge in [-0.25, -0.2) is 9.59 Å². The molecule has 0 bridgehead atoms. The van der Waals surface area contributed by atoms with E-state index in [1.54, 1.807) is 0 Å². The molecule has 0 aliphatic heterocycles. The number of ether oxygens (including phenoxy) is 1. The minimum absolute atomic E-state index is 0.0272. The highest BCUT2D eigenvalue weighted by Gasteiger charge is 2.12. The van der Waals surface area contributed by atoms with Crippen molar-refractivity contribution in [1.82, 2.24) is 0 Å². The fraction of sp³-hybridized carbons (Fsp3) is 0. The number of carbonyl (C=O) groups excluding carboxylic acids is 1. The summed E-state index contributed by atoms with van der Waals surface area (Å²) in [4.78, 5) is 22.9. The minimum atomic E-state index is -1.10. The summed E-state index contributed by atoms with van der Waals surface area (Å²) in [5, 5.41) is 20.5. The number of carboxylic acids is 1. The van der Waals surface area contributed by atoms with Gasteiger partial charge in [0.05, 0.1) is 11.1 Å². The van der Waals surface area contributed by atoms with E-state index in [2.05, 4.69) is 0 Å². The Morgan fingerprint density at radius 2 is 1.67 bits per heavy atom. The third kappa shape index (κ3) is 3.84. The van der Waals surface area contributed by atoms with E-state index in [0.29, 0.717) is 7.14 Å². The Hall–Kier alpha value is -1.36. The number of aromatic carboxylic acids is 1. The zero-order valence-electron chi connectivity index (χ0n) is 10.3. The van der Waals surface area contributed by atoms with Crippen LogP contribution < -0.4 is 9.84 Å². The van der Waals surface area contributed by atoms with Crippen LogP contribution in [0, 0.1) is 7.14 Å². The van der Waals surface area contributed by atoms with Gasteiger partial charge in [0.1, 0.15) is 5.75 Å². The van der Waals surface area contributed by atoms with Gasteiger partial charge in [0, 0.05) is 7.14 Å². The molecule has 0 aliphatic rings. The number of carbonyl (C=O) groups is 2. The van der Waals surface area contributed by atoms with Crippen molar-refractivity contribution in [2.75, 3.05) is 0 Å². The van der Waals surface area contributed by atoms with Gasteiger partial charge in [-0.1, -0.05) is 11.8 Å². The lowest BCUT2D eigenvalue weighted by Gasteiger charge is -2.13. The van der Waals surface area contributed by atoms with Crippen LogP contribution in [-0.4, -0.2) is 17.0 Å². The fourth-order valence-electron chi connectivity index (χ4n) is 1.54. The van der Waals surface area contributed by atoms with Gasteiger partial charge >= 0.3 is 11.9 Å². The van der Waals surface area contributed by atoms with E-state index in [-0.39, 0.29) is 22.6 Å². The summed E-state index contributed by atoms with van der Waals surface area (Å²) < 4.78 is 5.97. The molecule has 0 saturated heterocycles. The Bertz CT molecular complexity index is 704. The first kappa shape index (κ1) is 16.0. The van der Waals surface area contributed by atoms with Gasteiger partial charge in [0.15, 0.2) is 0 Å². The molecule has 0 aliphatic carbocycles. The summed E-state index contributed by atoms with van der Waals surface area (Å²) in [6.07, 6.45) is 0. The number of hydrogen-bond acceptors (Lipinski definition) is 4. The largest absolute Gasteiger partial charge is 0.871 e. The van der Waals surface area contributed by atoms with Crippen LogP contribution in [0.5, 0.6) is 11.5 Å². The van der Waals surface area contributed by atoms with E-state index in [1.165, 1.54) is 36.4 Å². The molecule has 21 heavy (non-hydrogen) atoms. The van der Waals surface area contributed by atoms with E-state index in [9.17, 15) is 14.7 Å². The second-order valence-corrected chi connectivity index (χ2v) is 6.32. The van der Waals surface area contributed by atoms with Crippen molar-refractivity contribution in [3.05, 3.63) is 54.7 Å². The number of halogens is 2. The molecule has 0 amide bonds. The van der Waals surface area contributed by atoms with Crippen LogP contribution in [0.4, 0.5) is 0 Å². The Balaban J connectivity index is 2.26. The molecule has 108 valence electrons. The Kier molecular flexibility index (Phi) is 5.04. The first-order valence-corrected chi connectivity index (χ1v) is 7.76. The smallest absolute Gasteiger partial charge is 0.343 e. The zero-order chi connectivity index (χ0) is 15.6. The van der Waals surface area contributed by atoms with Gasteiger partial charge in [-0.3, -0.25) is 0 Å². The molecule has 0 saturated carbocycles. The van der Waals surface area contributed by atoms with Crippen molar-refractivity contribution in [3.63, 3.8) is 0 Å². The maximum atomic E-state index is 12.0. The predicted molar refractivity (Wildman–Crippen MR) is 89.7 cm³/mol. The lowest BCUT2D eigenvalue weighted by molar-refractivity contribution is -0.271. The molecule has 0 radical (unpaired) electrons. The summed E-state index contributed by atoms with van der Waals surface area (Å²) in [5.74, 6) is -1.75. The topological polar surface area (TPSA) is 86.7 Å². The third-order valence-electron chi connectivity index (χ3n) is 2.53. The number of carboxylic acid groups (broad SMARTS) is 1.